The molecular formula is C23H38FN2O+. The molecule has 4 heteroatoms. The van der Waals surface area contributed by atoms with E-state index in [9.17, 15) is 4.39 Å². The molecule has 0 spiro atoms. The van der Waals surface area contributed by atoms with Crippen LogP contribution in [-0.4, -0.2) is 56.7 Å². The zero-order valence-corrected chi connectivity index (χ0v) is 18.0. The first-order valence-corrected chi connectivity index (χ1v) is 10.3. The maximum Gasteiger partial charge on any atom is 0.172 e. The SMILES string of the molecule is CCCCCCCCCCOc1ccc(C(=C=[N+](C)C)CN(C)C)cc1F. The Kier molecular flexibility index (Phi) is 11.7. The van der Waals surface area contributed by atoms with Gasteiger partial charge in [-0.25, -0.2) is 4.39 Å². The average Bonchev–Trinajstić information content (AvgIpc) is 2.60. The Labute approximate surface area is 165 Å². The monoisotopic (exact) mass is 377 g/mol. The summed E-state index contributed by atoms with van der Waals surface area (Å²) in [7, 11) is 7.84. The van der Waals surface area contributed by atoms with Gasteiger partial charge >= 0.3 is 0 Å². The fraction of sp³-hybridized carbons (Fsp3) is 0.652. The molecule has 0 bridgehead atoms. The molecule has 0 aromatic heterocycles. The van der Waals surface area contributed by atoms with Crippen LogP contribution in [0.4, 0.5) is 4.39 Å². The van der Waals surface area contributed by atoms with Gasteiger partial charge in [0.2, 0.25) is 0 Å². The first-order valence-electron chi connectivity index (χ1n) is 10.3. The number of hydrogen-bond donors (Lipinski definition) is 0. The van der Waals surface area contributed by atoms with Crippen LogP contribution in [0, 0.1) is 5.82 Å². The molecule has 27 heavy (non-hydrogen) atoms. The predicted octanol–water partition coefficient (Wildman–Crippen LogP) is 5.23. The lowest BCUT2D eigenvalue weighted by atomic mass is 10.1. The van der Waals surface area contributed by atoms with Crippen molar-refractivity contribution in [3.8, 4) is 5.75 Å². The molecule has 0 saturated carbocycles. The highest BCUT2D eigenvalue weighted by Gasteiger charge is 2.11. The molecule has 1 rings (SSSR count). The second-order valence-electron chi connectivity index (χ2n) is 7.69. The molecule has 0 unspecified atom stereocenters. The van der Waals surface area contributed by atoms with E-state index in [-0.39, 0.29) is 5.82 Å². The van der Waals surface area contributed by atoms with Crippen molar-refractivity contribution in [1.82, 2.24) is 4.90 Å². The Balaban J connectivity index is 2.50. The molecule has 0 fully saturated rings. The summed E-state index contributed by atoms with van der Waals surface area (Å²) in [5.41, 5.74) is 1.80. The van der Waals surface area contributed by atoms with Crippen LogP contribution >= 0.6 is 0 Å². The van der Waals surface area contributed by atoms with E-state index in [1.165, 1.54) is 38.5 Å². The quantitative estimate of drug-likeness (QED) is 0.266. The summed E-state index contributed by atoms with van der Waals surface area (Å²) in [6, 6.07) is 5.21. The summed E-state index contributed by atoms with van der Waals surface area (Å²) in [6.45, 7) is 3.52. The van der Waals surface area contributed by atoms with Crippen LogP contribution in [0.1, 0.15) is 63.9 Å². The maximum atomic E-state index is 14.4. The van der Waals surface area contributed by atoms with Crippen LogP contribution in [-0.2, 0) is 0 Å². The number of halogens is 1. The number of unbranched alkanes of at least 4 members (excludes halogenated alkanes) is 7. The number of nitrogens with zero attached hydrogens (tertiary/aromatic N) is 2. The van der Waals surface area contributed by atoms with Crippen molar-refractivity contribution >= 4 is 11.4 Å². The molecule has 0 aliphatic heterocycles. The van der Waals surface area contributed by atoms with E-state index in [2.05, 4.69) is 17.7 Å². The van der Waals surface area contributed by atoms with Gasteiger partial charge in [-0.1, -0.05) is 51.9 Å². The molecule has 152 valence electrons. The minimum atomic E-state index is -0.302. The lowest BCUT2D eigenvalue weighted by Gasteiger charge is -2.12. The van der Waals surface area contributed by atoms with Crippen LogP contribution in [0.25, 0.3) is 5.57 Å². The third-order valence-corrected chi connectivity index (χ3v) is 4.37. The van der Waals surface area contributed by atoms with Crippen LogP contribution < -0.4 is 4.74 Å². The highest BCUT2D eigenvalue weighted by Crippen LogP contribution is 2.22. The molecule has 0 heterocycles. The van der Waals surface area contributed by atoms with E-state index >= 15 is 0 Å². The lowest BCUT2D eigenvalue weighted by Crippen LogP contribution is -2.16. The summed E-state index contributed by atoms with van der Waals surface area (Å²) in [6.07, 6.45) is 9.99. The number of likely N-dealkylation sites (N-methyl/N-ethyl adjacent to an activating group) is 1. The second kappa shape index (κ2) is 13.5. The lowest BCUT2D eigenvalue weighted by molar-refractivity contribution is -0.456. The standard InChI is InChI=1S/C23H38FN2O/c1-6-7-8-9-10-11-12-13-16-27-23-15-14-20(17-22(23)24)21(18-25(2)3)19-26(4)5/h14-15,17H,6-13,16,18H2,1-5H3/q+1. The zero-order valence-electron chi connectivity index (χ0n) is 18.0. The van der Waals surface area contributed by atoms with Gasteiger partial charge in [-0.15, -0.1) is 0 Å². The van der Waals surface area contributed by atoms with Gasteiger partial charge in [0, 0.05) is 6.54 Å². The topological polar surface area (TPSA) is 15.5 Å². The molecule has 0 amide bonds. The van der Waals surface area contributed by atoms with Gasteiger partial charge in [0.15, 0.2) is 17.4 Å². The Morgan fingerprint density at radius 1 is 1.04 bits per heavy atom. The molecule has 0 radical (unpaired) electrons. The summed E-state index contributed by atoms with van der Waals surface area (Å²) >= 11 is 0. The zero-order chi connectivity index (χ0) is 20.1. The highest BCUT2D eigenvalue weighted by atomic mass is 19.1. The minimum Gasteiger partial charge on any atom is -0.491 e. The van der Waals surface area contributed by atoms with Crippen molar-refractivity contribution in [2.24, 2.45) is 0 Å². The fourth-order valence-corrected chi connectivity index (χ4v) is 3.00. The smallest absolute Gasteiger partial charge is 0.172 e. The van der Waals surface area contributed by atoms with Crippen molar-refractivity contribution in [3.05, 3.63) is 29.6 Å². The number of rotatable bonds is 13. The minimum absolute atomic E-state index is 0.302. The predicted molar refractivity (Wildman–Crippen MR) is 114 cm³/mol. The van der Waals surface area contributed by atoms with Crippen molar-refractivity contribution < 1.29 is 13.7 Å². The third-order valence-electron chi connectivity index (χ3n) is 4.37. The van der Waals surface area contributed by atoms with E-state index in [0.717, 1.165) is 24.0 Å². The van der Waals surface area contributed by atoms with Gasteiger partial charge in [0.05, 0.1) is 12.2 Å². The molecule has 0 saturated heterocycles. The fourth-order valence-electron chi connectivity index (χ4n) is 3.00. The summed E-state index contributed by atoms with van der Waals surface area (Å²) in [4.78, 5) is 2.05. The van der Waals surface area contributed by atoms with E-state index in [0.29, 0.717) is 18.9 Å². The van der Waals surface area contributed by atoms with E-state index in [1.54, 1.807) is 12.1 Å². The average molecular weight is 378 g/mol. The summed E-state index contributed by atoms with van der Waals surface area (Å²) < 4.78 is 22.0. The first-order chi connectivity index (χ1) is 12.9. The van der Waals surface area contributed by atoms with Gasteiger partial charge in [0.25, 0.3) is 0 Å². The van der Waals surface area contributed by atoms with Gasteiger partial charge in [-0.2, -0.15) is 4.58 Å². The van der Waals surface area contributed by atoms with Gasteiger partial charge in [-0.05, 0) is 44.3 Å². The molecule has 1 aromatic carbocycles. The van der Waals surface area contributed by atoms with Crippen molar-refractivity contribution in [1.29, 1.82) is 0 Å². The highest BCUT2D eigenvalue weighted by molar-refractivity contribution is 5.88. The summed E-state index contributed by atoms with van der Waals surface area (Å²) in [5.74, 6) is 3.30. The van der Waals surface area contributed by atoms with Crippen molar-refractivity contribution in [3.63, 3.8) is 0 Å². The van der Waals surface area contributed by atoms with Gasteiger partial charge in [-0.3, -0.25) is 0 Å². The van der Waals surface area contributed by atoms with Crippen LogP contribution in [0.15, 0.2) is 18.2 Å². The maximum absolute atomic E-state index is 14.4. The second-order valence-corrected chi connectivity index (χ2v) is 7.69. The van der Waals surface area contributed by atoms with Gasteiger partial charge < -0.3 is 9.64 Å². The normalized spacial score (nSPS) is 10.8. The van der Waals surface area contributed by atoms with E-state index < -0.39 is 0 Å². The van der Waals surface area contributed by atoms with Gasteiger partial charge in [0.1, 0.15) is 14.1 Å². The number of hydrogen-bond acceptors (Lipinski definition) is 2. The Hall–Kier alpha value is -1.64. The molecule has 1 aromatic rings. The number of ether oxygens (including phenoxy) is 1. The van der Waals surface area contributed by atoms with E-state index in [4.69, 9.17) is 4.74 Å². The Morgan fingerprint density at radius 3 is 2.22 bits per heavy atom. The van der Waals surface area contributed by atoms with Crippen LogP contribution in [0.5, 0.6) is 5.75 Å². The molecule has 0 N–H and O–H groups in total. The molecule has 0 aliphatic carbocycles. The summed E-state index contributed by atoms with van der Waals surface area (Å²) in [5, 5.41) is 0. The van der Waals surface area contributed by atoms with E-state index in [1.807, 2.05) is 38.8 Å². The van der Waals surface area contributed by atoms with Crippen LogP contribution in [0.3, 0.4) is 0 Å². The molecule has 0 atom stereocenters. The molecule has 0 aliphatic rings. The molecular weight excluding hydrogens is 339 g/mol. The van der Waals surface area contributed by atoms with Crippen molar-refractivity contribution in [2.75, 3.05) is 41.3 Å². The van der Waals surface area contributed by atoms with Crippen LogP contribution in [0.2, 0.25) is 0 Å². The van der Waals surface area contributed by atoms with Crippen molar-refractivity contribution in [2.45, 2.75) is 58.3 Å². The number of benzene rings is 1. The molecule has 3 nitrogen and oxygen atoms in total. The Morgan fingerprint density at radius 2 is 1.67 bits per heavy atom. The Bertz CT molecular complexity index is 615. The largest absolute Gasteiger partial charge is 0.491 e. The first kappa shape index (κ1) is 23.4. The third kappa shape index (κ3) is 10.3.